The van der Waals surface area contributed by atoms with Crippen molar-refractivity contribution in [2.45, 2.75) is 6.42 Å². The van der Waals surface area contributed by atoms with Gasteiger partial charge in [-0.15, -0.1) is 0 Å². The van der Waals surface area contributed by atoms with Gasteiger partial charge in [0.2, 0.25) is 5.91 Å². The molecule has 15 heavy (non-hydrogen) atoms. The molecule has 0 aliphatic rings. The Morgan fingerprint density at radius 2 is 1.93 bits per heavy atom. The van der Waals surface area contributed by atoms with Gasteiger partial charge in [-0.2, -0.15) is 0 Å². The zero-order valence-electron chi connectivity index (χ0n) is 7.68. The van der Waals surface area contributed by atoms with Gasteiger partial charge in [0.25, 0.3) is 0 Å². The van der Waals surface area contributed by atoms with Crippen molar-refractivity contribution in [1.82, 2.24) is 0 Å². The first-order chi connectivity index (χ1) is 7.00. The molecule has 0 saturated carbocycles. The summed E-state index contributed by atoms with van der Waals surface area (Å²) in [6.07, 6.45) is -0.395. The maximum absolute atomic E-state index is 13.0. The molecule has 4 N–H and O–H groups in total. The summed E-state index contributed by atoms with van der Waals surface area (Å²) in [5.74, 6) is -2.84. The van der Waals surface area contributed by atoms with E-state index in [1.54, 1.807) is 0 Å². The number of hydrogen-bond acceptors (Lipinski definition) is 2. The Kier molecular flexibility index (Phi) is 3.33. The van der Waals surface area contributed by atoms with Crippen molar-refractivity contribution in [3.8, 4) is 0 Å². The van der Waals surface area contributed by atoms with Crippen LogP contribution in [0, 0.1) is 17.0 Å². The molecule has 0 radical (unpaired) electrons. The number of nitrogens with two attached hydrogens (primary N) is 1. The summed E-state index contributed by atoms with van der Waals surface area (Å²) >= 11 is 0. The lowest BCUT2D eigenvalue weighted by Gasteiger charge is -2.06. The zero-order valence-corrected chi connectivity index (χ0v) is 7.68. The summed E-state index contributed by atoms with van der Waals surface area (Å²) in [6.45, 7) is 0. The number of para-hydroxylation sites is 1. The van der Waals surface area contributed by atoms with E-state index in [0.717, 1.165) is 12.1 Å². The molecule has 0 spiro atoms. The fourth-order valence-electron chi connectivity index (χ4n) is 0.974. The summed E-state index contributed by atoms with van der Waals surface area (Å²) in [4.78, 5) is 11.1. The fourth-order valence-corrected chi connectivity index (χ4v) is 0.974. The molecule has 0 fully saturated rings. The van der Waals surface area contributed by atoms with Crippen molar-refractivity contribution in [1.29, 1.82) is 5.41 Å². The molecule has 1 amide bonds. The van der Waals surface area contributed by atoms with Crippen LogP contribution in [0.4, 0.5) is 14.5 Å². The smallest absolute Gasteiger partial charge is 0.232 e. The third-order valence-corrected chi connectivity index (χ3v) is 1.58. The summed E-state index contributed by atoms with van der Waals surface area (Å²) in [5, 5.41) is 8.83. The van der Waals surface area contributed by atoms with Gasteiger partial charge < -0.3 is 11.1 Å². The van der Waals surface area contributed by atoms with Crippen molar-refractivity contribution in [3.63, 3.8) is 0 Å². The van der Waals surface area contributed by atoms with Crippen molar-refractivity contribution in [2.75, 3.05) is 5.32 Å². The number of carbonyl (C=O) groups is 1. The molecule has 1 aromatic carbocycles. The Labute approximate surface area is 84.6 Å². The van der Waals surface area contributed by atoms with E-state index in [9.17, 15) is 13.6 Å². The molecule has 1 aromatic rings. The maximum atomic E-state index is 13.0. The molecule has 0 saturated heterocycles. The highest BCUT2D eigenvalue weighted by Gasteiger charge is 2.11. The average molecular weight is 213 g/mol. The third-order valence-electron chi connectivity index (χ3n) is 1.58. The van der Waals surface area contributed by atoms with Crippen molar-refractivity contribution >= 4 is 17.4 Å². The minimum atomic E-state index is -0.869. The number of halogens is 2. The van der Waals surface area contributed by atoms with E-state index in [-0.39, 0.29) is 5.84 Å². The van der Waals surface area contributed by atoms with E-state index in [2.05, 4.69) is 0 Å². The van der Waals surface area contributed by atoms with Crippen LogP contribution in [-0.2, 0) is 4.79 Å². The van der Waals surface area contributed by atoms with Crippen molar-refractivity contribution < 1.29 is 13.6 Å². The third kappa shape index (κ3) is 3.01. The molecule has 6 heteroatoms. The maximum Gasteiger partial charge on any atom is 0.232 e. The van der Waals surface area contributed by atoms with Crippen LogP contribution in [0.15, 0.2) is 18.2 Å². The van der Waals surface area contributed by atoms with Crippen LogP contribution >= 0.6 is 0 Å². The summed E-state index contributed by atoms with van der Waals surface area (Å²) in [5.41, 5.74) is 4.43. The van der Waals surface area contributed by atoms with E-state index >= 15 is 0 Å². The van der Waals surface area contributed by atoms with E-state index in [4.69, 9.17) is 11.1 Å². The van der Waals surface area contributed by atoms with Crippen LogP contribution in [-0.4, -0.2) is 11.7 Å². The Morgan fingerprint density at radius 1 is 1.40 bits per heavy atom. The monoisotopic (exact) mass is 213 g/mol. The van der Waals surface area contributed by atoms with E-state index in [0.29, 0.717) is 0 Å². The van der Waals surface area contributed by atoms with E-state index in [1.165, 1.54) is 6.07 Å². The number of rotatable bonds is 3. The summed E-state index contributed by atoms with van der Waals surface area (Å²) in [6, 6.07) is 3.23. The fraction of sp³-hybridized carbons (Fsp3) is 0.111. The normalized spacial score (nSPS) is 9.73. The number of hydrogen-bond donors (Lipinski definition) is 3. The number of amides is 1. The molecule has 4 nitrogen and oxygen atoms in total. The molecule has 0 aliphatic carbocycles. The SMILES string of the molecule is N=C(N)CC(=O)Nc1c(F)cccc1F. The highest BCUT2D eigenvalue weighted by molar-refractivity contribution is 6.04. The summed E-state index contributed by atoms with van der Waals surface area (Å²) < 4.78 is 26.0. The van der Waals surface area contributed by atoms with Crippen LogP contribution in [0.2, 0.25) is 0 Å². The molecule has 0 aromatic heterocycles. The van der Waals surface area contributed by atoms with Crippen LogP contribution in [0.3, 0.4) is 0 Å². The second-order valence-electron chi connectivity index (χ2n) is 2.85. The first-order valence-electron chi connectivity index (χ1n) is 4.07. The predicted octanol–water partition coefficient (Wildman–Crippen LogP) is 1.23. The van der Waals surface area contributed by atoms with Gasteiger partial charge in [0.05, 0.1) is 6.42 Å². The number of anilines is 1. The Bertz CT molecular complexity index is 386. The Morgan fingerprint density at radius 3 is 2.40 bits per heavy atom. The highest BCUT2D eigenvalue weighted by Crippen LogP contribution is 2.17. The first kappa shape index (κ1) is 11.1. The van der Waals surface area contributed by atoms with Gasteiger partial charge in [0.1, 0.15) is 23.2 Å². The topological polar surface area (TPSA) is 79.0 Å². The van der Waals surface area contributed by atoms with Crippen molar-refractivity contribution in [2.24, 2.45) is 5.73 Å². The van der Waals surface area contributed by atoms with Gasteiger partial charge in [-0.1, -0.05) is 6.07 Å². The molecule has 0 bridgehead atoms. The van der Waals surface area contributed by atoms with E-state index < -0.39 is 29.6 Å². The minimum absolute atomic E-state index is 0.371. The number of carbonyl (C=O) groups excluding carboxylic acids is 1. The minimum Gasteiger partial charge on any atom is -0.387 e. The number of nitrogens with one attached hydrogen (secondary N) is 2. The number of amidine groups is 1. The Balaban J connectivity index is 2.80. The molecule has 0 heterocycles. The molecule has 0 aliphatic heterocycles. The average Bonchev–Trinajstić information content (AvgIpc) is 2.10. The Hall–Kier alpha value is -1.98. The lowest BCUT2D eigenvalue weighted by atomic mass is 10.2. The molecular formula is C9H9F2N3O. The lowest BCUT2D eigenvalue weighted by molar-refractivity contribution is -0.115. The highest BCUT2D eigenvalue weighted by atomic mass is 19.1. The van der Waals surface area contributed by atoms with Gasteiger partial charge in [0, 0.05) is 0 Å². The quantitative estimate of drug-likeness (QED) is 0.521. The van der Waals surface area contributed by atoms with E-state index in [1.807, 2.05) is 5.32 Å². The van der Waals surface area contributed by atoms with Gasteiger partial charge >= 0.3 is 0 Å². The molecule has 80 valence electrons. The molecular weight excluding hydrogens is 204 g/mol. The zero-order chi connectivity index (χ0) is 11.4. The molecule has 0 unspecified atom stereocenters. The predicted molar refractivity (Wildman–Crippen MR) is 51.5 cm³/mol. The summed E-state index contributed by atoms with van der Waals surface area (Å²) in [7, 11) is 0. The lowest BCUT2D eigenvalue weighted by Crippen LogP contribution is -2.21. The van der Waals surface area contributed by atoms with Gasteiger partial charge in [-0.05, 0) is 12.1 Å². The second kappa shape index (κ2) is 4.50. The number of benzene rings is 1. The van der Waals surface area contributed by atoms with Gasteiger partial charge in [0.15, 0.2) is 0 Å². The van der Waals surface area contributed by atoms with Crippen LogP contribution in [0.25, 0.3) is 0 Å². The van der Waals surface area contributed by atoms with Crippen LogP contribution < -0.4 is 11.1 Å². The molecule has 0 atom stereocenters. The largest absolute Gasteiger partial charge is 0.387 e. The van der Waals surface area contributed by atoms with Gasteiger partial charge in [-0.25, -0.2) is 8.78 Å². The molecule has 1 rings (SSSR count). The van der Waals surface area contributed by atoms with Gasteiger partial charge in [-0.3, -0.25) is 10.2 Å². The first-order valence-corrected chi connectivity index (χ1v) is 4.07. The standard InChI is InChI=1S/C9H9F2N3O/c10-5-2-1-3-6(11)9(5)14-8(15)4-7(12)13/h1-3H,4H2,(H3,12,13)(H,14,15). The second-order valence-corrected chi connectivity index (χ2v) is 2.85. The van der Waals surface area contributed by atoms with Crippen LogP contribution in [0.5, 0.6) is 0 Å². The van der Waals surface area contributed by atoms with Crippen LogP contribution in [0.1, 0.15) is 6.42 Å². The van der Waals surface area contributed by atoms with Crippen molar-refractivity contribution in [3.05, 3.63) is 29.8 Å².